The fourth-order valence-electron chi connectivity index (χ4n) is 1.94. The molecule has 0 fully saturated rings. The van der Waals surface area contributed by atoms with Crippen LogP contribution in [0, 0.1) is 0 Å². The minimum atomic E-state index is 0.494. The third-order valence-electron chi connectivity index (χ3n) is 2.89. The second kappa shape index (κ2) is 3.84. The fourth-order valence-corrected chi connectivity index (χ4v) is 1.94. The standard InChI is InChI=1S/C13H19NO/c1-8(2)10-7-12(9(3)4)14-11-5-6-15-13(10)11/h7-9H,5-6H2,1-4H3. The van der Waals surface area contributed by atoms with Crippen LogP contribution in [0.15, 0.2) is 6.07 Å². The Bertz CT molecular complexity index is 369. The molecule has 82 valence electrons. The SMILES string of the molecule is CC(C)c1cc(C(C)C)c2c(n1)CCO2. The molecule has 1 aromatic rings. The quantitative estimate of drug-likeness (QED) is 0.739. The van der Waals surface area contributed by atoms with Crippen molar-refractivity contribution in [3.8, 4) is 5.75 Å². The largest absolute Gasteiger partial charge is 0.491 e. The summed E-state index contributed by atoms with van der Waals surface area (Å²) in [6, 6.07) is 2.21. The van der Waals surface area contributed by atoms with Crippen LogP contribution in [-0.4, -0.2) is 11.6 Å². The van der Waals surface area contributed by atoms with Crippen LogP contribution in [0.5, 0.6) is 5.75 Å². The van der Waals surface area contributed by atoms with Gasteiger partial charge in [0.05, 0.1) is 12.3 Å². The molecular formula is C13H19NO. The van der Waals surface area contributed by atoms with Gasteiger partial charge in [-0.15, -0.1) is 0 Å². The van der Waals surface area contributed by atoms with E-state index in [1.165, 1.54) is 11.3 Å². The van der Waals surface area contributed by atoms with Gasteiger partial charge in [-0.25, -0.2) is 0 Å². The van der Waals surface area contributed by atoms with Gasteiger partial charge in [-0.1, -0.05) is 27.7 Å². The number of hydrogen-bond acceptors (Lipinski definition) is 2. The summed E-state index contributed by atoms with van der Waals surface area (Å²) in [6.07, 6.45) is 0.968. The molecule has 0 amide bonds. The number of pyridine rings is 1. The van der Waals surface area contributed by atoms with Gasteiger partial charge < -0.3 is 4.74 Å². The topological polar surface area (TPSA) is 22.1 Å². The summed E-state index contributed by atoms with van der Waals surface area (Å²) in [5.41, 5.74) is 3.68. The lowest BCUT2D eigenvalue weighted by molar-refractivity contribution is 0.352. The van der Waals surface area contributed by atoms with E-state index in [1.807, 2.05) is 0 Å². The normalized spacial score (nSPS) is 14.5. The summed E-state index contributed by atoms with van der Waals surface area (Å²) in [7, 11) is 0. The second-order valence-electron chi connectivity index (χ2n) is 4.82. The van der Waals surface area contributed by atoms with Crippen molar-refractivity contribution in [3.63, 3.8) is 0 Å². The van der Waals surface area contributed by atoms with Crippen molar-refractivity contribution in [1.29, 1.82) is 0 Å². The summed E-state index contributed by atoms with van der Waals surface area (Å²) in [5, 5.41) is 0. The molecule has 0 N–H and O–H groups in total. The summed E-state index contributed by atoms with van der Waals surface area (Å²) in [4.78, 5) is 4.67. The van der Waals surface area contributed by atoms with Crippen LogP contribution in [0.4, 0.5) is 0 Å². The molecule has 15 heavy (non-hydrogen) atoms. The Morgan fingerprint density at radius 1 is 1.20 bits per heavy atom. The number of rotatable bonds is 2. The van der Waals surface area contributed by atoms with Crippen LogP contribution in [0.3, 0.4) is 0 Å². The Kier molecular flexibility index (Phi) is 2.68. The van der Waals surface area contributed by atoms with Gasteiger partial charge in [0.25, 0.3) is 0 Å². The highest BCUT2D eigenvalue weighted by molar-refractivity contribution is 5.43. The first-order valence-electron chi connectivity index (χ1n) is 5.76. The number of aromatic nitrogens is 1. The predicted molar refractivity (Wildman–Crippen MR) is 61.6 cm³/mol. The van der Waals surface area contributed by atoms with Gasteiger partial charge in [0.15, 0.2) is 0 Å². The van der Waals surface area contributed by atoms with Gasteiger partial charge in [-0.05, 0) is 17.9 Å². The van der Waals surface area contributed by atoms with E-state index in [-0.39, 0.29) is 0 Å². The Balaban J connectivity index is 2.52. The molecule has 2 rings (SSSR count). The van der Waals surface area contributed by atoms with Crippen molar-refractivity contribution in [3.05, 3.63) is 23.0 Å². The molecular weight excluding hydrogens is 186 g/mol. The smallest absolute Gasteiger partial charge is 0.144 e. The highest BCUT2D eigenvalue weighted by Crippen LogP contribution is 2.34. The van der Waals surface area contributed by atoms with E-state index < -0.39 is 0 Å². The van der Waals surface area contributed by atoms with Crippen LogP contribution < -0.4 is 4.74 Å². The molecule has 0 spiro atoms. The van der Waals surface area contributed by atoms with Crippen LogP contribution in [0.25, 0.3) is 0 Å². The van der Waals surface area contributed by atoms with E-state index in [1.54, 1.807) is 0 Å². The molecule has 1 aromatic heterocycles. The molecule has 1 aliphatic heterocycles. The van der Waals surface area contributed by atoms with E-state index in [0.29, 0.717) is 11.8 Å². The molecule has 0 radical (unpaired) electrons. The number of ether oxygens (including phenoxy) is 1. The van der Waals surface area contributed by atoms with Crippen LogP contribution in [-0.2, 0) is 6.42 Å². The van der Waals surface area contributed by atoms with Crippen molar-refractivity contribution in [2.75, 3.05) is 6.61 Å². The summed E-state index contributed by atoms with van der Waals surface area (Å²) >= 11 is 0. The summed E-state index contributed by atoms with van der Waals surface area (Å²) in [6.45, 7) is 9.59. The monoisotopic (exact) mass is 205 g/mol. The molecule has 2 heteroatoms. The summed E-state index contributed by atoms with van der Waals surface area (Å²) in [5.74, 6) is 2.06. The zero-order valence-corrected chi connectivity index (χ0v) is 10.0. The van der Waals surface area contributed by atoms with Crippen molar-refractivity contribution >= 4 is 0 Å². The van der Waals surface area contributed by atoms with E-state index in [9.17, 15) is 0 Å². The maximum atomic E-state index is 5.66. The molecule has 0 aromatic carbocycles. The highest BCUT2D eigenvalue weighted by Gasteiger charge is 2.21. The zero-order valence-electron chi connectivity index (χ0n) is 10.0. The Morgan fingerprint density at radius 2 is 1.93 bits per heavy atom. The maximum absolute atomic E-state index is 5.66. The van der Waals surface area contributed by atoms with Crippen LogP contribution >= 0.6 is 0 Å². The number of nitrogens with zero attached hydrogens (tertiary/aromatic N) is 1. The van der Waals surface area contributed by atoms with Crippen molar-refractivity contribution in [2.45, 2.75) is 46.0 Å². The Morgan fingerprint density at radius 3 is 2.53 bits per heavy atom. The highest BCUT2D eigenvalue weighted by atomic mass is 16.5. The van der Waals surface area contributed by atoms with Gasteiger partial charge in [-0.3, -0.25) is 4.98 Å². The first kappa shape index (κ1) is 10.5. The molecule has 0 unspecified atom stereocenters. The first-order valence-corrected chi connectivity index (χ1v) is 5.76. The molecule has 0 saturated carbocycles. The van der Waals surface area contributed by atoms with Gasteiger partial charge in [-0.2, -0.15) is 0 Å². The average molecular weight is 205 g/mol. The second-order valence-corrected chi connectivity index (χ2v) is 4.82. The molecule has 0 saturated heterocycles. The van der Waals surface area contributed by atoms with Gasteiger partial charge in [0.2, 0.25) is 0 Å². The minimum Gasteiger partial charge on any atom is -0.491 e. The molecule has 0 atom stereocenters. The fraction of sp³-hybridized carbons (Fsp3) is 0.615. The number of hydrogen-bond donors (Lipinski definition) is 0. The predicted octanol–water partition coefficient (Wildman–Crippen LogP) is 3.26. The van der Waals surface area contributed by atoms with Gasteiger partial charge in [0.1, 0.15) is 5.75 Å². The lowest BCUT2D eigenvalue weighted by Crippen LogP contribution is -2.00. The lowest BCUT2D eigenvalue weighted by atomic mass is 9.98. The third-order valence-corrected chi connectivity index (χ3v) is 2.89. The molecule has 0 bridgehead atoms. The van der Waals surface area contributed by atoms with E-state index in [4.69, 9.17) is 4.74 Å². The van der Waals surface area contributed by atoms with Crippen molar-refractivity contribution < 1.29 is 4.74 Å². The first-order chi connectivity index (χ1) is 7.09. The maximum Gasteiger partial charge on any atom is 0.144 e. The van der Waals surface area contributed by atoms with Gasteiger partial charge >= 0.3 is 0 Å². The lowest BCUT2D eigenvalue weighted by Gasteiger charge is -2.14. The van der Waals surface area contributed by atoms with E-state index in [0.717, 1.165) is 24.5 Å². The molecule has 1 aliphatic rings. The average Bonchev–Trinajstić information content (AvgIpc) is 2.62. The zero-order chi connectivity index (χ0) is 11.0. The number of fused-ring (bicyclic) bond motifs is 1. The van der Waals surface area contributed by atoms with E-state index in [2.05, 4.69) is 38.7 Å². The Labute approximate surface area is 91.7 Å². The molecule has 2 nitrogen and oxygen atoms in total. The van der Waals surface area contributed by atoms with Crippen molar-refractivity contribution in [1.82, 2.24) is 4.98 Å². The molecule has 2 heterocycles. The third kappa shape index (κ3) is 1.85. The van der Waals surface area contributed by atoms with Crippen LogP contribution in [0.2, 0.25) is 0 Å². The summed E-state index contributed by atoms with van der Waals surface area (Å²) < 4.78 is 5.66. The minimum absolute atomic E-state index is 0.494. The van der Waals surface area contributed by atoms with Crippen LogP contribution in [0.1, 0.15) is 56.5 Å². The Hall–Kier alpha value is -1.05. The van der Waals surface area contributed by atoms with Crippen molar-refractivity contribution in [2.24, 2.45) is 0 Å². The molecule has 0 aliphatic carbocycles. The van der Waals surface area contributed by atoms with E-state index >= 15 is 0 Å². The van der Waals surface area contributed by atoms with Gasteiger partial charge in [0, 0.05) is 17.7 Å².